The predicted octanol–water partition coefficient (Wildman–Crippen LogP) is 2.34. The summed E-state index contributed by atoms with van der Waals surface area (Å²) < 4.78 is 36.4. The predicted molar refractivity (Wildman–Crippen MR) is 90.0 cm³/mol. The Morgan fingerprint density at radius 2 is 1.83 bits per heavy atom. The molecule has 7 heteroatoms. The second-order valence-electron chi connectivity index (χ2n) is 5.25. The minimum Gasteiger partial charge on any atom is -0.493 e. The van der Waals surface area contributed by atoms with E-state index in [0.717, 1.165) is 10.6 Å². The average Bonchev–Trinajstić information content (AvgIpc) is 2.59. The maximum absolute atomic E-state index is 12.2. The summed E-state index contributed by atoms with van der Waals surface area (Å²) in [7, 11) is 0.965. The first-order valence-corrected chi connectivity index (χ1v) is 8.60. The van der Waals surface area contributed by atoms with Crippen LogP contribution in [0.15, 0.2) is 47.4 Å². The Bertz CT molecular complexity index is 831. The number of hydrogen-bond acceptors (Lipinski definition) is 5. The van der Waals surface area contributed by atoms with Gasteiger partial charge in [0.1, 0.15) is 12.9 Å². The topological polar surface area (TPSA) is 72.9 Å². The van der Waals surface area contributed by atoms with Gasteiger partial charge in [-0.05, 0) is 35.9 Å². The second-order valence-corrected chi connectivity index (χ2v) is 7.40. The van der Waals surface area contributed by atoms with Crippen LogP contribution in [0, 0.1) is 0 Å². The third kappa shape index (κ3) is 3.93. The van der Waals surface area contributed by atoms with Gasteiger partial charge in [0.05, 0.1) is 12.0 Å². The summed E-state index contributed by atoms with van der Waals surface area (Å²) in [6, 6.07) is 11.4. The van der Waals surface area contributed by atoms with Gasteiger partial charge in [0, 0.05) is 19.7 Å². The van der Waals surface area contributed by atoms with Gasteiger partial charge in [0.2, 0.25) is 10.0 Å². The molecule has 0 N–H and O–H groups in total. The maximum atomic E-state index is 12.2. The number of nitrogens with zero attached hydrogens (tertiary/aromatic N) is 1. The van der Waals surface area contributed by atoms with Crippen molar-refractivity contribution in [2.24, 2.45) is 0 Å². The molecule has 0 heterocycles. The molecule has 0 aliphatic carbocycles. The Morgan fingerprint density at radius 3 is 2.46 bits per heavy atom. The van der Waals surface area contributed by atoms with Gasteiger partial charge in [-0.2, -0.15) is 0 Å². The normalized spacial score (nSPS) is 11.3. The summed E-state index contributed by atoms with van der Waals surface area (Å²) in [5, 5.41) is 0. The molecule has 2 aromatic carbocycles. The van der Waals surface area contributed by atoms with E-state index in [9.17, 15) is 13.2 Å². The standard InChI is InChI=1S/C17H19NO5S/c1-18(2)24(20,21)15-6-4-5-14(9-15)12-23-16-8-7-13(11-19)10-17(16)22-3/h4-11H,12H2,1-3H3. The van der Waals surface area contributed by atoms with Crippen LogP contribution in [0.2, 0.25) is 0 Å². The van der Waals surface area contributed by atoms with E-state index in [0.29, 0.717) is 22.6 Å². The molecule has 24 heavy (non-hydrogen) atoms. The Balaban J connectivity index is 2.20. The molecule has 0 atom stereocenters. The summed E-state index contributed by atoms with van der Waals surface area (Å²) in [5.74, 6) is 0.917. The van der Waals surface area contributed by atoms with E-state index in [2.05, 4.69) is 0 Å². The molecule has 0 aromatic heterocycles. The number of rotatable bonds is 7. The minimum absolute atomic E-state index is 0.174. The Hall–Kier alpha value is -2.38. The number of aldehydes is 1. The van der Waals surface area contributed by atoms with Crippen LogP contribution in [0.3, 0.4) is 0 Å². The third-order valence-electron chi connectivity index (χ3n) is 3.40. The number of benzene rings is 2. The molecule has 0 spiro atoms. The zero-order valence-corrected chi connectivity index (χ0v) is 14.5. The summed E-state index contributed by atoms with van der Waals surface area (Å²) in [5.41, 5.74) is 1.19. The van der Waals surface area contributed by atoms with Gasteiger partial charge in [0.25, 0.3) is 0 Å². The van der Waals surface area contributed by atoms with Crippen LogP contribution in [-0.4, -0.2) is 40.2 Å². The van der Waals surface area contributed by atoms with E-state index in [1.807, 2.05) is 0 Å². The number of hydrogen-bond donors (Lipinski definition) is 0. The first kappa shape index (κ1) is 18.0. The van der Waals surface area contributed by atoms with Crippen molar-refractivity contribution in [3.8, 4) is 11.5 Å². The second kappa shape index (κ2) is 7.46. The first-order chi connectivity index (χ1) is 11.4. The molecule has 0 saturated heterocycles. The SMILES string of the molecule is COc1cc(C=O)ccc1OCc1cccc(S(=O)(=O)N(C)C)c1. The van der Waals surface area contributed by atoms with Crippen molar-refractivity contribution >= 4 is 16.3 Å². The number of ether oxygens (including phenoxy) is 2. The molecular formula is C17H19NO5S. The van der Waals surface area contributed by atoms with Crippen molar-refractivity contribution in [2.75, 3.05) is 21.2 Å². The fourth-order valence-corrected chi connectivity index (χ4v) is 3.02. The van der Waals surface area contributed by atoms with Crippen molar-refractivity contribution in [1.29, 1.82) is 0 Å². The van der Waals surface area contributed by atoms with Crippen LogP contribution in [0.5, 0.6) is 11.5 Å². The van der Waals surface area contributed by atoms with Gasteiger partial charge >= 0.3 is 0 Å². The summed E-state index contributed by atoms with van der Waals surface area (Å²) in [6.45, 7) is 0.174. The van der Waals surface area contributed by atoms with E-state index < -0.39 is 10.0 Å². The van der Waals surface area contributed by atoms with Crippen molar-refractivity contribution in [3.05, 3.63) is 53.6 Å². The summed E-state index contributed by atoms with van der Waals surface area (Å²) in [4.78, 5) is 11.0. The Morgan fingerprint density at radius 1 is 1.08 bits per heavy atom. The minimum atomic E-state index is -3.49. The number of carbonyl (C=O) groups excluding carboxylic acids is 1. The molecule has 0 amide bonds. The molecule has 0 aliphatic heterocycles. The molecule has 0 radical (unpaired) electrons. The zero-order valence-electron chi connectivity index (χ0n) is 13.7. The smallest absolute Gasteiger partial charge is 0.242 e. The highest BCUT2D eigenvalue weighted by atomic mass is 32.2. The van der Waals surface area contributed by atoms with Crippen molar-refractivity contribution in [3.63, 3.8) is 0 Å². The van der Waals surface area contributed by atoms with E-state index in [4.69, 9.17) is 9.47 Å². The zero-order chi connectivity index (χ0) is 17.7. The van der Waals surface area contributed by atoms with Crippen LogP contribution in [0.4, 0.5) is 0 Å². The number of methoxy groups -OCH3 is 1. The quantitative estimate of drug-likeness (QED) is 0.718. The van der Waals surface area contributed by atoms with Crippen LogP contribution >= 0.6 is 0 Å². The number of carbonyl (C=O) groups is 1. The first-order valence-electron chi connectivity index (χ1n) is 7.16. The Labute approximate surface area is 141 Å². The van der Waals surface area contributed by atoms with Gasteiger partial charge in [-0.1, -0.05) is 12.1 Å². The van der Waals surface area contributed by atoms with E-state index in [1.165, 1.54) is 27.3 Å². The van der Waals surface area contributed by atoms with Gasteiger partial charge in [-0.3, -0.25) is 4.79 Å². The van der Waals surface area contributed by atoms with Gasteiger partial charge in [-0.15, -0.1) is 0 Å². The number of sulfonamides is 1. The van der Waals surface area contributed by atoms with E-state index in [-0.39, 0.29) is 11.5 Å². The fraction of sp³-hybridized carbons (Fsp3) is 0.235. The molecule has 0 unspecified atom stereocenters. The third-order valence-corrected chi connectivity index (χ3v) is 5.21. The summed E-state index contributed by atoms with van der Waals surface area (Å²) in [6.07, 6.45) is 0.724. The lowest BCUT2D eigenvalue weighted by atomic mass is 10.2. The Kier molecular flexibility index (Phi) is 5.58. The van der Waals surface area contributed by atoms with Gasteiger partial charge < -0.3 is 9.47 Å². The molecule has 0 saturated carbocycles. The van der Waals surface area contributed by atoms with E-state index >= 15 is 0 Å². The maximum Gasteiger partial charge on any atom is 0.242 e. The van der Waals surface area contributed by atoms with Crippen molar-refractivity contribution < 1.29 is 22.7 Å². The molecule has 2 rings (SSSR count). The van der Waals surface area contributed by atoms with Gasteiger partial charge in [-0.25, -0.2) is 12.7 Å². The lowest BCUT2D eigenvalue weighted by Gasteiger charge is -2.13. The lowest BCUT2D eigenvalue weighted by Crippen LogP contribution is -2.22. The summed E-state index contributed by atoms with van der Waals surface area (Å²) >= 11 is 0. The molecule has 0 bridgehead atoms. The monoisotopic (exact) mass is 349 g/mol. The van der Waals surface area contributed by atoms with Crippen LogP contribution in [0.1, 0.15) is 15.9 Å². The highest BCUT2D eigenvalue weighted by molar-refractivity contribution is 7.89. The lowest BCUT2D eigenvalue weighted by molar-refractivity contribution is 0.112. The largest absolute Gasteiger partial charge is 0.493 e. The van der Waals surface area contributed by atoms with Gasteiger partial charge in [0.15, 0.2) is 11.5 Å². The molecular weight excluding hydrogens is 330 g/mol. The molecule has 0 fully saturated rings. The highest BCUT2D eigenvalue weighted by Crippen LogP contribution is 2.28. The highest BCUT2D eigenvalue weighted by Gasteiger charge is 2.17. The van der Waals surface area contributed by atoms with Crippen LogP contribution in [-0.2, 0) is 16.6 Å². The molecule has 128 valence electrons. The molecule has 2 aromatic rings. The average molecular weight is 349 g/mol. The van der Waals surface area contributed by atoms with E-state index in [1.54, 1.807) is 36.4 Å². The van der Waals surface area contributed by atoms with Crippen LogP contribution in [0.25, 0.3) is 0 Å². The van der Waals surface area contributed by atoms with Crippen LogP contribution < -0.4 is 9.47 Å². The molecule has 6 nitrogen and oxygen atoms in total. The van der Waals surface area contributed by atoms with Crippen molar-refractivity contribution in [1.82, 2.24) is 4.31 Å². The van der Waals surface area contributed by atoms with Crippen molar-refractivity contribution in [2.45, 2.75) is 11.5 Å². The molecule has 0 aliphatic rings. The fourth-order valence-electron chi connectivity index (χ4n) is 2.04.